The summed E-state index contributed by atoms with van der Waals surface area (Å²) in [5, 5.41) is 17.7. The number of carboxylic acid groups (broad SMARTS) is 1. The Labute approximate surface area is 92.1 Å². The summed E-state index contributed by atoms with van der Waals surface area (Å²) in [6.07, 6.45) is 3.30. The molecule has 88 valence electrons. The molecule has 0 aromatic heterocycles. The molecule has 0 amide bonds. The lowest BCUT2D eigenvalue weighted by Gasteiger charge is -2.26. The number of nitrogens with two attached hydrogens (primary N) is 1. The molecule has 0 aromatic rings. The molecule has 5 heteroatoms. The van der Waals surface area contributed by atoms with E-state index in [9.17, 15) is 4.79 Å². The van der Waals surface area contributed by atoms with Crippen LogP contribution in [0.4, 0.5) is 0 Å². The molecule has 0 bridgehead atoms. The van der Waals surface area contributed by atoms with E-state index in [2.05, 4.69) is 0 Å². The summed E-state index contributed by atoms with van der Waals surface area (Å²) in [5.41, 5.74) is 4.77. The van der Waals surface area contributed by atoms with Crippen molar-refractivity contribution in [1.29, 1.82) is 0 Å². The van der Waals surface area contributed by atoms with E-state index in [-0.39, 0.29) is 13.4 Å². The van der Waals surface area contributed by atoms with Gasteiger partial charge in [0.05, 0.1) is 0 Å². The van der Waals surface area contributed by atoms with Gasteiger partial charge in [-0.25, -0.2) is 0 Å². The maximum Gasteiger partial charge on any atom is 0.323 e. The van der Waals surface area contributed by atoms with Gasteiger partial charge in [-0.1, -0.05) is 33.0 Å². The average molecular weight is 215 g/mol. The van der Waals surface area contributed by atoms with Gasteiger partial charge in [0.25, 0.3) is 7.48 Å². The van der Waals surface area contributed by atoms with Crippen LogP contribution in [-0.4, -0.2) is 29.1 Å². The summed E-state index contributed by atoms with van der Waals surface area (Å²) in [7, 11) is 0.162. The molecule has 1 unspecified atom stereocenters. The average Bonchev–Trinajstić information content (AvgIpc) is 2.11. The Kier molecular flexibility index (Phi) is 6.60. The molecule has 0 aliphatic carbocycles. The topological polar surface area (TPSA) is 83.5 Å². The smallest absolute Gasteiger partial charge is 0.323 e. The molecule has 4 nitrogen and oxygen atoms in total. The molecule has 0 spiro atoms. The zero-order chi connectivity index (χ0) is 11.9. The van der Waals surface area contributed by atoms with E-state index in [1.54, 1.807) is 0 Å². The van der Waals surface area contributed by atoms with Crippen molar-refractivity contribution in [3.05, 3.63) is 0 Å². The SMILES string of the molecule is CC(C)CC(N)(CCCCBO)C(=O)O. The van der Waals surface area contributed by atoms with Gasteiger partial charge in [0.2, 0.25) is 0 Å². The van der Waals surface area contributed by atoms with Gasteiger partial charge in [-0.3, -0.25) is 4.79 Å². The minimum atomic E-state index is -1.09. The highest BCUT2D eigenvalue weighted by atomic mass is 16.4. The van der Waals surface area contributed by atoms with E-state index < -0.39 is 11.5 Å². The van der Waals surface area contributed by atoms with Crippen LogP contribution in [0.25, 0.3) is 0 Å². The summed E-state index contributed by atoms with van der Waals surface area (Å²) < 4.78 is 0. The lowest BCUT2D eigenvalue weighted by atomic mass is 9.83. The number of carbonyl (C=O) groups is 1. The second-order valence-electron chi connectivity index (χ2n) is 4.59. The monoisotopic (exact) mass is 215 g/mol. The summed E-state index contributed by atoms with van der Waals surface area (Å²) in [6, 6.07) is 0. The Morgan fingerprint density at radius 3 is 2.47 bits per heavy atom. The summed E-state index contributed by atoms with van der Waals surface area (Å²) in [6.45, 7) is 3.94. The Bertz CT molecular complexity index is 199. The molecular weight excluding hydrogens is 193 g/mol. The van der Waals surface area contributed by atoms with Gasteiger partial charge in [-0.2, -0.15) is 0 Å². The van der Waals surface area contributed by atoms with Gasteiger partial charge >= 0.3 is 5.97 Å². The highest BCUT2D eigenvalue weighted by Crippen LogP contribution is 2.21. The molecular formula is C10H22BNO3. The summed E-state index contributed by atoms with van der Waals surface area (Å²) in [4.78, 5) is 11.0. The standard InChI is InChI=1S/C10H22BNO3/c1-8(2)7-10(12,9(13)14)5-3-4-6-11-15/h8,11,15H,3-7,12H2,1-2H3,(H,13,14). The Morgan fingerprint density at radius 1 is 1.47 bits per heavy atom. The fourth-order valence-electron chi connectivity index (χ4n) is 1.75. The number of aliphatic carboxylic acids is 1. The van der Waals surface area contributed by atoms with Crippen LogP contribution in [0, 0.1) is 5.92 Å². The molecule has 15 heavy (non-hydrogen) atoms. The number of rotatable bonds is 8. The maximum atomic E-state index is 11.0. The van der Waals surface area contributed by atoms with Crippen molar-refractivity contribution in [2.24, 2.45) is 11.7 Å². The van der Waals surface area contributed by atoms with Crippen LogP contribution in [0.1, 0.15) is 39.5 Å². The van der Waals surface area contributed by atoms with Crippen molar-refractivity contribution < 1.29 is 14.9 Å². The highest BCUT2D eigenvalue weighted by Gasteiger charge is 2.33. The largest absolute Gasteiger partial charge is 0.480 e. The Morgan fingerprint density at radius 2 is 2.07 bits per heavy atom. The minimum absolute atomic E-state index is 0.162. The van der Waals surface area contributed by atoms with Gasteiger partial charge in [-0.15, -0.1) is 0 Å². The molecule has 0 aliphatic rings. The molecule has 0 fully saturated rings. The Hall–Kier alpha value is -0.545. The van der Waals surface area contributed by atoms with Crippen molar-refractivity contribution >= 4 is 13.5 Å². The van der Waals surface area contributed by atoms with Crippen LogP contribution in [0.5, 0.6) is 0 Å². The maximum absolute atomic E-state index is 11.0. The van der Waals surface area contributed by atoms with E-state index in [0.29, 0.717) is 12.8 Å². The molecule has 0 rings (SSSR count). The lowest BCUT2D eigenvalue weighted by Crippen LogP contribution is -2.48. The van der Waals surface area contributed by atoms with Gasteiger partial charge in [-0.05, 0) is 18.8 Å². The zero-order valence-corrected chi connectivity index (χ0v) is 9.70. The second kappa shape index (κ2) is 6.85. The fraction of sp³-hybridized carbons (Fsp3) is 0.900. The molecule has 0 saturated carbocycles. The van der Waals surface area contributed by atoms with E-state index in [0.717, 1.165) is 19.2 Å². The lowest BCUT2D eigenvalue weighted by molar-refractivity contribution is -0.144. The molecule has 0 heterocycles. The van der Waals surface area contributed by atoms with Crippen LogP contribution >= 0.6 is 0 Å². The van der Waals surface area contributed by atoms with Crippen molar-refractivity contribution in [2.45, 2.75) is 51.4 Å². The molecule has 0 aromatic carbocycles. The molecule has 0 saturated heterocycles. The Balaban J connectivity index is 4.08. The number of hydrogen-bond donors (Lipinski definition) is 3. The first-order valence-electron chi connectivity index (χ1n) is 5.55. The third kappa shape index (κ3) is 5.79. The van der Waals surface area contributed by atoms with Crippen LogP contribution in [0.3, 0.4) is 0 Å². The first kappa shape index (κ1) is 14.5. The van der Waals surface area contributed by atoms with Crippen molar-refractivity contribution in [1.82, 2.24) is 0 Å². The summed E-state index contributed by atoms with van der Waals surface area (Å²) in [5.74, 6) is -0.635. The second-order valence-corrected chi connectivity index (χ2v) is 4.59. The van der Waals surface area contributed by atoms with Gasteiger partial charge in [0.1, 0.15) is 5.54 Å². The van der Waals surface area contributed by atoms with E-state index in [1.165, 1.54) is 0 Å². The molecule has 1 atom stereocenters. The normalized spacial score (nSPS) is 15.0. The first-order chi connectivity index (χ1) is 6.92. The fourth-order valence-corrected chi connectivity index (χ4v) is 1.75. The van der Waals surface area contributed by atoms with E-state index in [1.807, 2.05) is 13.8 Å². The van der Waals surface area contributed by atoms with Crippen molar-refractivity contribution in [2.75, 3.05) is 0 Å². The third-order valence-electron chi connectivity index (χ3n) is 2.48. The summed E-state index contributed by atoms with van der Waals surface area (Å²) >= 11 is 0. The minimum Gasteiger partial charge on any atom is -0.480 e. The van der Waals surface area contributed by atoms with Gasteiger partial charge in [0, 0.05) is 0 Å². The first-order valence-corrected chi connectivity index (χ1v) is 5.55. The van der Waals surface area contributed by atoms with Crippen LogP contribution in [0.15, 0.2) is 0 Å². The highest BCUT2D eigenvalue weighted by molar-refractivity contribution is 6.25. The van der Waals surface area contributed by atoms with Crippen LogP contribution in [-0.2, 0) is 4.79 Å². The molecule has 4 N–H and O–H groups in total. The van der Waals surface area contributed by atoms with Crippen molar-refractivity contribution in [3.8, 4) is 0 Å². The number of carboxylic acids is 1. The van der Waals surface area contributed by atoms with Crippen LogP contribution < -0.4 is 5.73 Å². The number of unbranched alkanes of at least 4 members (excludes halogenated alkanes) is 1. The molecule has 0 aliphatic heterocycles. The van der Waals surface area contributed by atoms with Gasteiger partial charge < -0.3 is 15.9 Å². The van der Waals surface area contributed by atoms with Gasteiger partial charge in [0.15, 0.2) is 0 Å². The third-order valence-corrected chi connectivity index (χ3v) is 2.48. The molecule has 0 radical (unpaired) electrons. The predicted molar refractivity (Wildman–Crippen MR) is 62.0 cm³/mol. The quantitative estimate of drug-likeness (QED) is 0.412. The van der Waals surface area contributed by atoms with E-state index in [4.69, 9.17) is 15.9 Å². The predicted octanol–water partition coefficient (Wildman–Crippen LogP) is 0.747. The van der Waals surface area contributed by atoms with Crippen LogP contribution in [0.2, 0.25) is 6.32 Å². The number of hydrogen-bond acceptors (Lipinski definition) is 3. The van der Waals surface area contributed by atoms with E-state index >= 15 is 0 Å². The van der Waals surface area contributed by atoms with Crippen molar-refractivity contribution in [3.63, 3.8) is 0 Å². The zero-order valence-electron chi connectivity index (χ0n) is 9.70.